The lowest BCUT2D eigenvalue weighted by molar-refractivity contribution is 0.0730. The van der Waals surface area contributed by atoms with Crippen molar-refractivity contribution >= 4 is 5.91 Å². The van der Waals surface area contributed by atoms with Crippen LogP contribution in [-0.4, -0.2) is 32.7 Å². The number of amides is 1. The molecule has 4 aromatic rings. The molecular formula is C31H33N3O3. The molecule has 0 bridgehead atoms. The highest BCUT2D eigenvalue weighted by atomic mass is 16.5. The second kappa shape index (κ2) is 10.1. The van der Waals surface area contributed by atoms with E-state index < -0.39 is 0 Å². The number of nitrogens with one attached hydrogen (secondary N) is 1. The zero-order valence-electron chi connectivity index (χ0n) is 21.8. The Labute approximate surface area is 217 Å². The quantitative estimate of drug-likeness (QED) is 0.269. The molecule has 1 aromatic heterocycles. The molecule has 190 valence electrons. The van der Waals surface area contributed by atoms with Crippen LogP contribution >= 0.6 is 0 Å². The van der Waals surface area contributed by atoms with Crippen LogP contribution in [0.3, 0.4) is 0 Å². The molecule has 1 atom stereocenters. The van der Waals surface area contributed by atoms with E-state index in [0.717, 1.165) is 46.4 Å². The molecule has 0 radical (unpaired) electrons. The number of unbranched alkanes of at least 4 members (excludes halogenated alkanes) is 1. The number of aromatic nitrogens is 2. The van der Waals surface area contributed by atoms with E-state index >= 15 is 0 Å². The van der Waals surface area contributed by atoms with Gasteiger partial charge in [-0.1, -0.05) is 61.4 Å². The number of carbonyl (C=O) groups excluding carboxylic acids is 1. The summed E-state index contributed by atoms with van der Waals surface area (Å²) in [6.45, 7) is 9.20. The van der Waals surface area contributed by atoms with Crippen LogP contribution in [-0.2, 0) is 6.54 Å². The fraction of sp³-hybridized carbons (Fsp3) is 0.290. The Morgan fingerprint density at radius 1 is 1.03 bits per heavy atom. The maximum absolute atomic E-state index is 13.8. The SMILES string of the molecule is CCCCOc1cccc(C2c3c(-c4c(C)cc(C)cc4O)n[nH]c3C(=O)N2Cc2ccc(C)cc2)c1. The summed E-state index contributed by atoms with van der Waals surface area (Å²) in [5.41, 5.74) is 7.54. The van der Waals surface area contributed by atoms with Gasteiger partial charge in [0.1, 0.15) is 22.9 Å². The molecule has 0 spiro atoms. The van der Waals surface area contributed by atoms with Crippen LogP contribution < -0.4 is 4.74 Å². The van der Waals surface area contributed by atoms with Crippen LogP contribution in [0, 0.1) is 20.8 Å². The minimum atomic E-state index is -0.382. The maximum atomic E-state index is 13.8. The standard InChI is InChI=1S/C31H33N3O3/c1-5-6-14-37-24-9-7-8-23(17-24)30-27-28(26-21(4)15-20(3)16-25(26)35)32-33-29(27)31(36)34(30)18-22-12-10-19(2)11-13-22/h7-13,15-17,30,35H,5-6,14,18H2,1-4H3,(H,32,33). The highest BCUT2D eigenvalue weighted by Crippen LogP contribution is 2.46. The Morgan fingerprint density at radius 2 is 1.81 bits per heavy atom. The van der Waals surface area contributed by atoms with Crippen molar-refractivity contribution in [2.75, 3.05) is 6.61 Å². The normalized spacial score (nSPS) is 14.8. The largest absolute Gasteiger partial charge is 0.507 e. The van der Waals surface area contributed by atoms with Gasteiger partial charge in [-0.05, 0) is 67.6 Å². The zero-order chi connectivity index (χ0) is 26.1. The van der Waals surface area contributed by atoms with Crippen molar-refractivity contribution in [2.45, 2.75) is 53.1 Å². The van der Waals surface area contributed by atoms with Gasteiger partial charge in [-0.15, -0.1) is 0 Å². The lowest BCUT2D eigenvalue weighted by Gasteiger charge is -2.27. The first-order chi connectivity index (χ1) is 17.9. The zero-order valence-corrected chi connectivity index (χ0v) is 21.8. The predicted molar refractivity (Wildman–Crippen MR) is 145 cm³/mol. The van der Waals surface area contributed by atoms with E-state index in [1.807, 2.05) is 49.1 Å². The summed E-state index contributed by atoms with van der Waals surface area (Å²) in [5.74, 6) is 0.828. The summed E-state index contributed by atoms with van der Waals surface area (Å²) < 4.78 is 6.01. The molecule has 0 saturated carbocycles. The van der Waals surface area contributed by atoms with Crippen LogP contribution in [0.25, 0.3) is 11.3 Å². The Bertz CT molecular complexity index is 1420. The highest BCUT2D eigenvalue weighted by Gasteiger charge is 2.42. The molecule has 6 heteroatoms. The molecule has 2 N–H and O–H groups in total. The molecular weight excluding hydrogens is 462 g/mol. The molecule has 0 saturated heterocycles. The lowest BCUT2D eigenvalue weighted by Crippen LogP contribution is -2.29. The number of ether oxygens (including phenoxy) is 1. The third-order valence-corrected chi connectivity index (χ3v) is 6.97. The van der Waals surface area contributed by atoms with E-state index in [2.05, 4.69) is 48.3 Å². The fourth-order valence-electron chi connectivity index (χ4n) is 5.15. The van der Waals surface area contributed by atoms with Crippen LogP contribution in [0.15, 0.2) is 60.7 Å². The highest BCUT2D eigenvalue weighted by molar-refractivity contribution is 6.00. The summed E-state index contributed by atoms with van der Waals surface area (Å²) in [4.78, 5) is 15.7. The first-order valence-corrected chi connectivity index (χ1v) is 12.9. The van der Waals surface area contributed by atoms with Crippen molar-refractivity contribution in [1.82, 2.24) is 15.1 Å². The Balaban J connectivity index is 1.63. The number of phenols is 1. The number of rotatable bonds is 8. The lowest BCUT2D eigenvalue weighted by atomic mass is 9.93. The number of carbonyl (C=O) groups is 1. The van der Waals surface area contributed by atoms with E-state index in [9.17, 15) is 9.90 Å². The maximum Gasteiger partial charge on any atom is 0.273 e. The van der Waals surface area contributed by atoms with Gasteiger partial charge in [0.15, 0.2) is 0 Å². The molecule has 2 heterocycles. The van der Waals surface area contributed by atoms with E-state index in [0.29, 0.717) is 30.1 Å². The third kappa shape index (κ3) is 4.71. The van der Waals surface area contributed by atoms with Gasteiger partial charge in [-0.2, -0.15) is 5.10 Å². The Kier molecular flexibility index (Phi) is 6.74. The van der Waals surface area contributed by atoms with E-state index in [-0.39, 0.29) is 17.7 Å². The number of hydrogen-bond acceptors (Lipinski definition) is 4. The number of fused-ring (bicyclic) bond motifs is 1. The van der Waals surface area contributed by atoms with Crippen molar-refractivity contribution in [3.05, 3.63) is 99.7 Å². The molecule has 6 nitrogen and oxygen atoms in total. The van der Waals surface area contributed by atoms with Gasteiger partial charge in [0.2, 0.25) is 0 Å². The second-order valence-electron chi connectivity index (χ2n) is 9.93. The monoisotopic (exact) mass is 495 g/mol. The molecule has 5 rings (SSSR count). The summed E-state index contributed by atoms with van der Waals surface area (Å²) in [6.07, 6.45) is 2.04. The fourth-order valence-corrected chi connectivity index (χ4v) is 5.15. The van der Waals surface area contributed by atoms with E-state index in [1.54, 1.807) is 6.07 Å². The minimum absolute atomic E-state index is 0.110. The number of nitrogens with zero attached hydrogens (tertiary/aromatic N) is 2. The molecule has 0 aliphatic carbocycles. The molecule has 1 amide bonds. The van der Waals surface area contributed by atoms with Gasteiger partial charge >= 0.3 is 0 Å². The predicted octanol–water partition coefficient (Wildman–Crippen LogP) is 6.63. The van der Waals surface area contributed by atoms with Crippen molar-refractivity contribution in [3.63, 3.8) is 0 Å². The van der Waals surface area contributed by atoms with Gasteiger partial charge in [0, 0.05) is 17.7 Å². The molecule has 1 aliphatic rings. The average Bonchev–Trinajstić information content (AvgIpc) is 3.39. The summed E-state index contributed by atoms with van der Waals surface area (Å²) in [7, 11) is 0. The number of H-pyrrole nitrogens is 1. The van der Waals surface area contributed by atoms with E-state index in [4.69, 9.17) is 4.74 Å². The molecule has 1 unspecified atom stereocenters. The van der Waals surface area contributed by atoms with Gasteiger partial charge in [-0.3, -0.25) is 9.89 Å². The third-order valence-electron chi connectivity index (χ3n) is 6.97. The number of benzene rings is 3. The van der Waals surface area contributed by atoms with Crippen molar-refractivity contribution in [2.24, 2.45) is 0 Å². The summed E-state index contributed by atoms with van der Waals surface area (Å²) in [6, 6.07) is 19.6. The van der Waals surface area contributed by atoms with Gasteiger partial charge < -0.3 is 14.7 Å². The Morgan fingerprint density at radius 3 is 2.54 bits per heavy atom. The first kappa shape index (κ1) is 24.6. The van der Waals surface area contributed by atoms with Gasteiger partial charge in [-0.25, -0.2) is 0 Å². The van der Waals surface area contributed by atoms with Crippen molar-refractivity contribution < 1.29 is 14.6 Å². The molecule has 37 heavy (non-hydrogen) atoms. The van der Waals surface area contributed by atoms with Crippen LogP contribution in [0.4, 0.5) is 0 Å². The topological polar surface area (TPSA) is 78.5 Å². The van der Waals surface area contributed by atoms with Crippen LogP contribution in [0.2, 0.25) is 0 Å². The summed E-state index contributed by atoms with van der Waals surface area (Å²) >= 11 is 0. The van der Waals surface area contributed by atoms with Gasteiger partial charge in [0.05, 0.1) is 12.6 Å². The average molecular weight is 496 g/mol. The molecule has 0 fully saturated rings. The van der Waals surface area contributed by atoms with E-state index in [1.165, 1.54) is 5.56 Å². The number of aromatic hydroxyl groups is 1. The summed E-state index contributed by atoms with van der Waals surface area (Å²) in [5, 5.41) is 18.5. The van der Waals surface area contributed by atoms with Crippen LogP contribution in [0.1, 0.15) is 69.7 Å². The van der Waals surface area contributed by atoms with Crippen LogP contribution in [0.5, 0.6) is 11.5 Å². The minimum Gasteiger partial charge on any atom is -0.507 e. The number of phenolic OH excluding ortho intramolecular Hbond substituents is 1. The Hall–Kier alpha value is -4.06. The molecule has 1 aliphatic heterocycles. The first-order valence-electron chi connectivity index (χ1n) is 12.9. The number of hydrogen-bond donors (Lipinski definition) is 2. The number of aryl methyl sites for hydroxylation is 3. The van der Waals surface area contributed by atoms with Crippen molar-refractivity contribution in [3.8, 4) is 22.8 Å². The second-order valence-corrected chi connectivity index (χ2v) is 9.93. The number of aromatic amines is 1. The molecule has 3 aromatic carbocycles. The smallest absolute Gasteiger partial charge is 0.273 e. The van der Waals surface area contributed by atoms with Crippen molar-refractivity contribution in [1.29, 1.82) is 0 Å². The van der Waals surface area contributed by atoms with Gasteiger partial charge in [0.25, 0.3) is 5.91 Å².